The Balaban J connectivity index is 3.70. The van der Waals surface area contributed by atoms with Crippen molar-refractivity contribution in [1.29, 1.82) is 0 Å². The second kappa shape index (κ2) is 5.32. The Hall–Kier alpha value is -0.350. The first-order valence-corrected chi connectivity index (χ1v) is 5.62. The molecule has 0 aliphatic carbocycles. The first kappa shape index (κ1) is 11.6. The molecule has 0 bridgehead atoms. The fraction of sp³-hybridized carbons (Fsp3) is 0.750. The minimum absolute atomic E-state index is 0.244. The van der Waals surface area contributed by atoms with Gasteiger partial charge in [-0.3, -0.25) is 0 Å². The van der Waals surface area contributed by atoms with Crippen LogP contribution in [0.15, 0.2) is 12.7 Å². The summed E-state index contributed by atoms with van der Waals surface area (Å²) in [6.07, 6.45) is 4.31. The molecule has 0 N–H and O–H groups in total. The highest BCUT2D eigenvalue weighted by Gasteiger charge is 2.11. The van der Waals surface area contributed by atoms with Crippen LogP contribution in [0.2, 0.25) is 0 Å². The first-order valence-electron chi connectivity index (χ1n) is 4.02. The number of allylic oxidation sites excluding steroid dienone is 1. The van der Waals surface area contributed by atoms with Gasteiger partial charge in [0.15, 0.2) is 0 Å². The largest absolute Gasteiger partial charge is 0.213 e. The number of nitrogens with zero attached hydrogens (tertiary/aromatic N) is 1. The second-order valence-electron chi connectivity index (χ2n) is 2.88. The van der Waals surface area contributed by atoms with Crippen LogP contribution in [0.1, 0.15) is 19.3 Å². The van der Waals surface area contributed by atoms with Gasteiger partial charge in [0, 0.05) is 14.1 Å². The van der Waals surface area contributed by atoms with Crippen molar-refractivity contribution in [3.05, 3.63) is 12.7 Å². The van der Waals surface area contributed by atoms with E-state index in [1.807, 2.05) is 6.08 Å². The fourth-order valence-corrected chi connectivity index (χ4v) is 1.69. The third kappa shape index (κ3) is 4.51. The monoisotopic (exact) mass is 191 g/mol. The normalized spacial score (nSPS) is 11.9. The van der Waals surface area contributed by atoms with Crippen LogP contribution >= 0.6 is 0 Å². The molecule has 0 unspecified atom stereocenters. The molecule has 0 atom stereocenters. The van der Waals surface area contributed by atoms with Gasteiger partial charge in [-0.1, -0.05) is 6.08 Å². The predicted molar refractivity (Wildman–Crippen MR) is 51.5 cm³/mol. The van der Waals surface area contributed by atoms with Crippen LogP contribution in [0, 0.1) is 0 Å². The predicted octanol–water partition coefficient (Wildman–Crippen LogP) is 1.23. The summed E-state index contributed by atoms with van der Waals surface area (Å²) in [5.41, 5.74) is 0. The van der Waals surface area contributed by atoms with Gasteiger partial charge in [-0.15, -0.1) is 6.58 Å². The molecule has 0 spiro atoms. The zero-order valence-corrected chi connectivity index (χ0v) is 8.60. The number of hydrogen-bond donors (Lipinski definition) is 0. The zero-order valence-electron chi connectivity index (χ0n) is 7.78. The van der Waals surface area contributed by atoms with E-state index in [0.717, 1.165) is 12.8 Å². The summed E-state index contributed by atoms with van der Waals surface area (Å²) in [4.78, 5) is 0. The van der Waals surface area contributed by atoms with Gasteiger partial charge in [-0.25, -0.2) is 12.7 Å². The van der Waals surface area contributed by atoms with Gasteiger partial charge in [-0.05, 0) is 19.3 Å². The summed E-state index contributed by atoms with van der Waals surface area (Å²) in [6.45, 7) is 3.57. The van der Waals surface area contributed by atoms with Crippen molar-refractivity contribution >= 4 is 10.0 Å². The van der Waals surface area contributed by atoms with Gasteiger partial charge >= 0.3 is 0 Å². The summed E-state index contributed by atoms with van der Waals surface area (Å²) in [5.74, 6) is 0.244. The van der Waals surface area contributed by atoms with Gasteiger partial charge in [0.2, 0.25) is 10.0 Å². The maximum atomic E-state index is 11.2. The van der Waals surface area contributed by atoms with E-state index in [2.05, 4.69) is 6.58 Å². The number of unbranched alkanes of at least 4 members (excludes halogenated alkanes) is 2. The number of rotatable bonds is 6. The standard InChI is InChI=1S/C8H17NO2S/c1-4-5-6-7-8-12(10,11)9(2)3/h4H,1,5-8H2,2-3H3. The Kier molecular flexibility index (Phi) is 5.17. The van der Waals surface area contributed by atoms with Crippen LogP contribution in [0.3, 0.4) is 0 Å². The zero-order chi connectivity index (χ0) is 9.61. The van der Waals surface area contributed by atoms with Crippen molar-refractivity contribution in [1.82, 2.24) is 4.31 Å². The molecular formula is C8H17NO2S. The third-order valence-electron chi connectivity index (χ3n) is 1.62. The molecule has 0 radical (unpaired) electrons. The minimum Gasteiger partial charge on any atom is -0.212 e. The summed E-state index contributed by atoms with van der Waals surface area (Å²) < 4.78 is 23.7. The molecule has 12 heavy (non-hydrogen) atoms. The highest BCUT2D eigenvalue weighted by atomic mass is 32.2. The van der Waals surface area contributed by atoms with Crippen molar-refractivity contribution in [2.45, 2.75) is 19.3 Å². The highest BCUT2D eigenvalue weighted by molar-refractivity contribution is 7.89. The van der Waals surface area contributed by atoms with Gasteiger partial charge in [0.1, 0.15) is 0 Å². The van der Waals surface area contributed by atoms with Crippen LogP contribution in [0.25, 0.3) is 0 Å². The smallest absolute Gasteiger partial charge is 0.212 e. The van der Waals surface area contributed by atoms with Crippen molar-refractivity contribution < 1.29 is 8.42 Å². The molecule has 0 rings (SSSR count). The molecule has 0 amide bonds. The van der Waals surface area contributed by atoms with Crippen molar-refractivity contribution in [2.24, 2.45) is 0 Å². The molecule has 0 saturated carbocycles. The summed E-state index contributed by atoms with van der Waals surface area (Å²) in [5, 5.41) is 0. The van der Waals surface area contributed by atoms with Crippen LogP contribution in [0.5, 0.6) is 0 Å². The first-order chi connectivity index (χ1) is 5.50. The summed E-state index contributed by atoms with van der Waals surface area (Å²) in [7, 11) is 0.137. The Morgan fingerprint density at radius 3 is 2.33 bits per heavy atom. The molecule has 72 valence electrons. The lowest BCUT2D eigenvalue weighted by molar-refractivity contribution is 0.517. The van der Waals surface area contributed by atoms with E-state index in [0.29, 0.717) is 6.42 Å². The van der Waals surface area contributed by atoms with Gasteiger partial charge in [-0.2, -0.15) is 0 Å². The average Bonchev–Trinajstić information content (AvgIpc) is 1.98. The molecule has 0 heterocycles. The van der Waals surface area contributed by atoms with Crippen LogP contribution in [-0.4, -0.2) is 32.6 Å². The number of sulfonamides is 1. The van der Waals surface area contributed by atoms with E-state index in [9.17, 15) is 8.42 Å². The average molecular weight is 191 g/mol. The molecule has 0 aliphatic heterocycles. The van der Waals surface area contributed by atoms with Crippen LogP contribution in [0.4, 0.5) is 0 Å². The van der Waals surface area contributed by atoms with Crippen LogP contribution < -0.4 is 0 Å². The highest BCUT2D eigenvalue weighted by Crippen LogP contribution is 2.02. The molecule has 0 aromatic heterocycles. The maximum Gasteiger partial charge on any atom is 0.213 e. The second-order valence-corrected chi connectivity index (χ2v) is 5.19. The van der Waals surface area contributed by atoms with E-state index in [4.69, 9.17) is 0 Å². The van der Waals surface area contributed by atoms with Gasteiger partial charge < -0.3 is 0 Å². The molecule has 0 saturated heterocycles. The Bertz CT molecular complexity index is 219. The van der Waals surface area contributed by atoms with Gasteiger partial charge in [0.05, 0.1) is 5.75 Å². The quantitative estimate of drug-likeness (QED) is 0.468. The van der Waals surface area contributed by atoms with E-state index < -0.39 is 10.0 Å². The molecule has 4 heteroatoms. The van der Waals surface area contributed by atoms with Crippen molar-refractivity contribution in [3.8, 4) is 0 Å². The fourth-order valence-electron chi connectivity index (χ4n) is 0.756. The molecule has 0 aromatic rings. The number of hydrogen-bond acceptors (Lipinski definition) is 2. The van der Waals surface area contributed by atoms with E-state index in [-0.39, 0.29) is 5.75 Å². The lowest BCUT2D eigenvalue weighted by Crippen LogP contribution is -2.24. The Morgan fingerprint density at radius 2 is 1.92 bits per heavy atom. The maximum absolute atomic E-state index is 11.2. The van der Waals surface area contributed by atoms with Crippen molar-refractivity contribution in [2.75, 3.05) is 19.8 Å². The minimum atomic E-state index is -2.98. The lowest BCUT2D eigenvalue weighted by Gasteiger charge is -2.10. The van der Waals surface area contributed by atoms with Gasteiger partial charge in [0.25, 0.3) is 0 Å². The summed E-state index contributed by atoms with van der Waals surface area (Å²) >= 11 is 0. The topological polar surface area (TPSA) is 37.4 Å². The van der Waals surface area contributed by atoms with Crippen LogP contribution in [-0.2, 0) is 10.0 Å². The summed E-state index contributed by atoms with van der Waals surface area (Å²) in [6, 6.07) is 0. The molecule has 0 aliphatic rings. The lowest BCUT2D eigenvalue weighted by atomic mass is 10.2. The SMILES string of the molecule is C=CCCCCS(=O)(=O)N(C)C. The third-order valence-corrected chi connectivity index (χ3v) is 3.53. The molecular weight excluding hydrogens is 174 g/mol. The molecule has 0 fully saturated rings. The van der Waals surface area contributed by atoms with E-state index >= 15 is 0 Å². The molecule has 0 aromatic carbocycles. The molecule has 3 nitrogen and oxygen atoms in total. The Morgan fingerprint density at radius 1 is 1.33 bits per heavy atom. The van der Waals surface area contributed by atoms with Crippen molar-refractivity contribution in [3.63, 3.8) is 0 Å². The Labute approximate surface area is 75.1 Å². The van der Waals surface area contributed by atoms with E-state index in [1.54, 1.807) is 14.1 Å². The van der Waals surface area contributed by atoms with E-state index in [1.165, 1.54) is 4.31 Å².